The van der Waals surface area contributed by atoms with E-state index >= 15 is 0 Å². The molecule has 1 unspecified atom stereocenters. The van der Waals surface area contributed by atoms with Crippen LogP contribution in [0.15, 0.2) is 65.2 Å². The first-order valence-corrected chi connectivity index (χ1v) is 7.14. The Labute approximate surface area is 129 Å². The molecule has 1 N–H and O–H groups in total. The number of aliphatic hydroxyl groups is 1. The summed E-state index contributed by atoms with van der Waals surface area (Å²) in [5.41, 5.74) is 2.62. The molecule has 4 heteroatoms. The average Bonchev–Trinajstić information content (AvgIpc) is 3.03. The number of hydrogen-bond acceptors (Lipinski definition) is 4. The van der Waals surface area contributed by atoms with Gasteiger partial charge in [0.25, 0.3) is 0 Å². The third kappa shape index (κ3) is 3.35. The van der Waals surface area contributed by atoms with Gasteiger partial charge in [0.05, 0.1) is 6.10 Å². The lowest BCUT2D eigenvalue weighted by Crippen LogP contribution is -1.96. The molecule has 0 radical (unpaired) electrons. The molecule has 4 nitrogen and oxygen atoms in total. The maximum atomic E-state index is 9.58. The molecule has 0 saturated carbocycles. The van der Waals surface area contributed by atoms with Crippen molar-refractivity contribution in [3.63, 3.8) is 0 Å². The fraction of sp³-hybridized carbons (Fsp3) is 0.167. The molecule has 0 aliphatic rings. The Morgan fingerprint density at radius 1 is 1.09 bits per heavy atom. The summed E-state index contributed by atoms with van der Waals surface area (Å²) in [5, 5.41) is 13.6. The maximum Gasteiger partial charge on any atom is 0.174 e. The van der Waals surface area contributed by atoms with Crippen LogP contribution in [-0.4, -0.2) is 10.3 Å². The number of benzene rings is 2. The van der Waals surface area contributed by atoms with Gasteiger partial charge in [0, 0.05) is 11.6 Å². The second-order valence-electron chi connectivity index (χ2n) is 5.08. The molecule has 0 fully saturated rings. The van der Waals surface area contributed by atoms with E-state index in [0.29, 0.717) is 18.1 Å². The van der Waals surface area contributed by atoms with Crippen LogP contribution in [0.25, 0.3) is 11.3 Å². The molecule has 0 saturated heterocycles. The van der Waals surface area contributed by atoms with Gasteiger partial charge in [-0.1, -0.05) is 47.6 Å². The molecule has 0 spiro atoms. The van der Waals surface area contributed by atoms with Gasteiger partial charge in [-0.3, -0.25) is 0 Å². The molecule has 3 aromatic rings. The summed E-state index contributed by atoms with van der Waals surface area (Å²) in [6.45, 7) is 2.02. The van der Waals surface area contributed by atoms with Crippen molar-refractivity contribution >= 4 is 0 Å². The SMILES string of the molecule is CC(O)c1cccc(OCc2cc(-c3ccccc3)no2)c1. The molecule has 0 bridgehead atoms. The molecule has 1 atom stereocenters. The summed E-state index contributed by atoms with van der Waals surface area (Å²) in [4.78, 5) is 0. The highest BCUT2D eigenvalue weighted by molar-refractivity contribution is 5.58. The van der Waals surface area contributed by atoms with Crippen LogP contribution in [-0.2, 0) is 6.61 Å². The number of ether oxygens (including phenoxy) is 1. The van der Waals surface area contributed by atoms with Gasteiger partial charge in [-0.25, -0.2) is 0 Å². The van der Waals surface area contributed by atoms with Gasteiger partial charge in [-0.15, -0.1) is 0 Å². The molecule has 3 rings (SSSR count). The molecule has 2 aromatic carbocycles. The lowest BCUT2D eigenvalue weighted by atomic mass is 10.1. The minimum absolute atomic E-state index is 0.295. The third-order valence-corrected chi connectivity index (χ3v) is 3.35. The third-order valence-electron chi connectivity index (χ3n) is 3.35. The fourth-order valence-corrected chi connectivity index (χ4v) is 2.14. The Hall–Kier alpha value is -2.59. The van der Waals surface area contributed by atoms with Crippen LogP contribution in [0.3, 0.4) is 0 Å². The lowest BCUT2D eigenvalue weighted by Gasteiger charge is -2.08. The highest BCUT2D eigenvalue weighted by atomic mass is 16.5. The van der Waals surface area contributed by atoms with Crippen molar-refractivity contribution in [3.05, 3.63) is 72.0 Å². The van der Waals surface area contributed by atoms with Gasteiger partial charge in [0.2, 0.25) is 0 Å². The maximum absolute atomic E-state index is 9.58. The summed E-state index contributed by atoms with van der Waals surface area (Å²) in [6.07, 6.45) is -0.515. The van der Waals surface area contributed by atoms with E-state index in [1.165, 1.54) is 0 Å². The van der Waals surface area contributed by atoms with Crippen molar-refractivity contribution in [2.45, 2.75) is 19.6 Å². The first kappa shape index (κ1) is 14.4. The number of aliphatic hydroxyl groups excluding tert-OH is 1. The average molecular weight is 295 g/mol. The van der Waals surface area contributed by atoms with Crippen LogP contribution >= 0.6 is 0 Å². The van der Waals surface area contributed by atoms with E-state index in [-0.39, 0.29) is 0 Å². The highest BCUT2D eigenvalue weighted by Crippen LogP contribution is 2.22. The first-order chi connectivity index (χ1) is 10.7. The monoisotopic (exact) mass is 295 g/mol. The highest BCUT2D eigenvalue weighted by Gasteiger charge is 2.08. The van der Waals surface area contributed by atoms with E-state index in [2.05, 4.69) is 5.16 Å². The summed E-state index contributed by atoms with van der Waals surface area (Å²) in [6, 6.07) is 19.1. The van der Waals surface area contributed by atoms with Crippen LogP contribution in [0.1, 0.15) is 24.4 Å². The van der Waals surface area contributed by atoms with Crippen molar-refractivity contribution in [1.82, 2.24) is 5.16 Å². The Balaban J connectivity index is 1.67. The van der Waals surface area contributed by atoms with Gasteiger partial charge in [0.1, 0.15) is 18.1 Å². The Morgan fingerprint density at radius 3 is 2.68 bits per heavy atom. The molecule has 0 aliphatic heterocycles. The molecule has 0 aliphatic carbocycles. The van der Waals surface area contributed by atoms with Gasteiger partial charge in [-0.2, -0.15) is 0 Å². The van der Waals surface area contributed by atoms with Crippen LogP contribution in [0, 0.1) is 0 Å². The van der Waals surface area contributed by atoms with Crippen molar-refractivity contribution in [1.29, 1.82) is 0 Å². The van der Waals surface area contributed by atoms with Gasteiger partial charge in [0.15, 0.2) is 5.76 Å². The topological polar surface area (TPSA) is 55.5 Å². The molecular formula is C18H17NO3. The summed E-state index contributed by atoms with van der Waals surface area (Å²) in [7, 11) is 0. The smallest absolute Gasteiger partial charge is 0.174 e. The Bertz CT molecular complexity index is 735. The second kappa shape index (κ2) is 6.45. The Morgan fingerprint density at radius 2 is 1.91 bits per heavy atom. The number of rotatable bonds is 5. The standard InChI is InChI=1S/C18H17NO3/c1-13(20)15-8-5-9-16(10-15)21-12-17-11-18(19-22-17)14-6-3-2-4-7-14/h2-11,13,20H,12H2,1H3. The summed E-state index contributed by atoms with van der Waals surface area (Å²) in [5.74, 6) is 1.34. The fourth-order valence-electron chi connectivity index (χ4n) is 2.14. The lowest BCUT2D eigenvalue weighted by molar-refractivity contribution is 0.198. The van der Waals surface area contributed by atoms with Gasteiger partial charge in [-0.05, 0) is 24.6 Å². The van der Waals surface area contributed by atoms with Crippen molar-refractivity contribution in [2.75, 3.05) is 0 Å². The minimum Gasteiger partial charge on any atom is -0.486 e. The number of aromatic nitrogens is 1. The largest absolute Gasteiger partial charge is 0.486 e. The quantitative estimate of drug-likeness (QED) is 0.773. The Kier molecular flexibility index (Phi) is 4.21. The van der Waals surface area contributed by atoms with Crippen molar-refractivity contribution < 1.29 is 14.4 Å². The van der Waals surface area contributed by atoms with E-state index in [1.54, 1.807) is 6.92 Å². The number of nitrogens with zero attached hydrogens (tertiary/aromatic N) is 1. The van der Waals surface area contributed by atoms with E-state index in [4.69, 9.17) is 9.26 Å². The summed E-state index contributed by atoms with van der Waals surface area (Å²) < 4.78 is 11.0. The summed E-state index contributed by atoms with van der Waals surface area (Å²) >= 11 is 0. The molecule has 22 heavy (non-hydrogen) atoms. The molecule has 1 heterocycles. The van der Waals surface area contributed by atoms with Crippen LogP contribution in [0.5, 0.6) is 5.75 Å². The van der Waals surface area contributed by atoms with Crippen molar-refractivity contribution in [3.8, 4) is 17.0 Å². The number of hydrogen-bond donors (Lipinski definition) is 1. The predicted octanol–water partition coefficient (Wildman–Crippen LogP) is 3.97. The first-order valence-electron chi connectivity index (χ1n) is 7.14. The normalized spacial score (nSPS) is 12.1. The molecule has 0 amide bonds. The van der Waals surface area contributed by atoms with E-state index in [0.717, 1.165) is 16.8 Å². The van der Waals surface area contributed by atoms with E-state index < -0.39 is 6.10 Å². The van der Waals surface area contributed by atoms with Crippen LogP contribution in [0.4, 0.5) is 0 Å². The van der Waals surface area contributed by atoms with Crippen LogP contribution in [0.2, 0.25) is 0 Å². The second-order valence-corrected chi connectivity index (χ2v) is 5.08. The molecule has 1 aromatic heterocycles. The zero-order chi connectivity index (χ0) is 15.4. The van der Waals surface area contributed by atoms with Crippen LogP contribution < -0.4 is 4.74 Å². The molecule has 112 valence electrons. The van der Waals surface area contributed by atoms with Gasteiger partial charge < -0.3 is 14.4 Å². The zero-order valence-corrected chi connectivity index (χ0v) is 12.3. The van der Waals surface area contributed by atoms with Crippen molar-refractivity contribution in [2.24, 2.45) is 0 Å². The van der Waals surface area contributed by atoms with E-state index in [9.17, 15) is 5.11 Å². The minimum atomic E-state index is -0.515. The molecular weight excluding hydrogens is 278 g/mol. The van der Waals surface area contributed by atoms with E-state index in [1.807, 2.05) is 60.7 Å². The van der Waals surface area contributed by atoms with Gasteiger partial charge >= 0.3 is 0 Å². The zero-order valence-electron chi connectivity index (χ0n) is 12.3. The predicted molar refractivity (Wildman–Crippen MR) is 83.3 cm³/mol.